The van der Waals surface area contributed by atoms with Crippen LogP contribution in [-0.4, -0.2) is 60.1 Å². The molecule has 1 N–H and O–H groups in total. The molecule has 1 unspecified atom stereocenters. The highest BCUT2D eigenvalue weighted by Gasteiger charge is 2.31. The van der Waals surface area contributed by atoms with Crippen LogP contribution in [0, 0.1) is 6.92 Å². The lowest BCUT2D eigenvalue weighted by atomic mass is 10.1. The smallest absolute Gasteiger partial charge is 0.126 e. The predicted octanol–water partition coefficient (Wildman–Crippen LogP) is 1.56. The van der Waals surface area contributed by atoms with Crippen molar-refractivity contribution in [1.82, 2.24) is 14.8 Å². The number of hydrogen-bond donors (Lipinski definition) is 1. The number of halogens is 1. The maximum Gasteiger partial charge on any atom is 0.126 e. The molecule has 18 heavy (non-hydrogen) atoms. The van der Waals surface area contributed by atoms with Crippen LogP contribution < -0.4 is 5.32 Å². The zero-order valence-corrected chi connectivity index (χ0v) is 12.3. The Balaban J connectivity index is 1.59. The van der Waals surface area contributed by atoms with E-state index in [1.165, 1.54) is 32.7 Å². The fourth-order valence-electron chi connectivity index (χ4n) is 2.78. The number of fused-ring (bicyclic) bond motifs is 3. The molecule has 4 heterocycles. The van der Waals surface area contributed by atoms with E-state index in [-0.39, 0.29) is 0 Å². The average Bonchev–Trinajstić information content (AvgIpc) is 2.41. The lowest BCUT2D eigenvalue weighted by Crippen LogP contribution is -2.62. The van der Waals surface area contributed by atoms with Crippen LogP contribution in [0.25, 0.3) is 0 Å². The summed E-state index contributed by atoms with van der Waals surface area (Å²) in [6, 6.07) is 4.73. The van der Waals surface area contributed by atoms with Crippen LogP contribution in [0.5, 0.6) is 0 Å². The minimum absolute atomic E-state index is 0.637. The molecule has 0 aromatic carbocycles. The first-order valence-corrected chi connectivity index (χ1v) is 7.35. The zero-order chi connectivity index (χ0) is 12.5. The van der Waals surface area contributed by atoms with Crippen LogP contribution in [-0.2, 0) is 0 Å². The number of rotatable bonds is 3. The third-order valence-electron chi connectivity index (χ3n) is 3.93. The summed E-state index contributed by atoms with van der Waals surface area (Å²) >= 11 is 3.48. The molecule has 1 aromatic rings. The first kappa shape index (κ1) is 12.4. The molecule has 2 bridgehead atoms. The normalized spacial score (nSPS) is 30.4. The maximum absolute atomic E-state index is 4.53. The van der Waals surface area contributed by atoms with Gasteiger partial charge in [-0.15, -0.1) is 0 Å². The number of nitrogens with one attached hydrogen (secondary N) is 1. The summed E-state index contributed by atoms with van der Waals surface area (Å²) in [5.41, 5.74) is 1.04. The Kier molecular flexibility index (Phi) is 3.54. The van der Waals surface area contributed by atoms with Crippen molar-refractivity contribution < 1.29 is 0 Å². The molecule has 3 aliphatic heterocycles. The van der Waals surface area contributed by atoms with E-state index in [4.69, 9.17) is 0 Å². The summed E-state index contributed by atoms with van der Waals surface area (Å²) in [6.07, 6.45) is 0. The predicted molar refractivity (Wildman–Crippen MR) is 77.0 cm³/mol. The van der Waals surface area contributed by atoms with Crippen LogP contribution in [0.2, 0.25) is 0 Å². The number of aromatic nitrogens is 1. The highest BCUT2D eigenvalue weighted by molar-refractivity contribution is 9.10. The lowest BCUT2D eigenvalue weighted by Gasteiger charge is -2.47. The second kappa shape index (κ2) is 5.15. The highest BCUT2D eigenvalue weighted by atomic mass is 79.9. The molecule has 0 radical (unpaired) electrons. The van der Waals surface area contributed by atoms with Gasteiger partial charge in [0.05, 0.1) is 5.69 Å². The number of anilines is 1. The first-order chi connectivity index (χ1) is 8.72. The van der Waals surface area contributed by atoms with Gasteiger partial charge in [0.15, 0.2) is 0 Å². The largest absolute Gasteiger partial charge is 0.368 e. The van der Waals surface area contributed by atoms with Gasteiger partial charge < -0.3 is 5.32 Å². The second-order valence-electron chi connectivity index (χ2n) is 5.14. The fraction of sp³-hybridized carbons (Fsp3) is 0.615. The summed E-state index contributed by atoms with van der Waals surface area (Å²) in [4.78, 5) is 9.69. The van der Waals surface area contributed by atoms with E-state index in [9.17, 15) is 0 Å². The van der Waals surface area contributed by atoms with E-state index in [2.05, 4.69) is 42.1 Å². The number of pyridine rings is 1. The van der Waals surface area contributed by atoms with Crippen LogP contribution in [0.1, 0.15) is 5.69 Å². The van der Waals surface area contributed by atoms with Gasteiger partial charge in [0.2, 0.25) is 0 Å². The number of nitrogens with zero attached hydrogens (tertiary/aromatic N) is 3. The molecule has 0 spiro atoms. The van der Waals surface area contributed by atoms with Crippen molar-refractivity contribution in [2.45, 2.75) is 13.0 Å². The molecule has 1 aromatic heterocycles. The van der Waals surface area contributed by atoms with E-state index in [1.807, 2.05) is 13.0 Å². The Morgan fingerprint density at radius 1 is 1.33 bits per heavy atom. The van der Waals surface area contributed by atoms with Crippen molar-refractivity contribution in [1.29, 1.82) is 0 Å². The second-order valence-corrected chi connectivity index (χ2v) is 5.99. The van der Waals surface area contributed by atoms with E-state index >= 15 is 0 Å². The summed E-state index contributed by atoms with van der Waals surface area (Å²) < 4.78 is 1.07. The monoisotopic (exact) mass is 310 g/mol. The molecule has 4 nitrogen and oxygen atoms in total. The molecule has 3 saturated heterocycles. The van der Waals surface area contributed by atoms with Crippen LogP contribution in [0.15, 0.2) is 16.6 Å². The molecular weight excluding hydrogens is 292 g/mol. The van der Waals surface area contributed by atoms with E-state index in [1.54, 1.807) is 0 Å². The third kappa shape index (κ3) is 2.53. The average molecular weight is 311 g/mol. The van der Waals surface area contributed by atoms with Crippen molar-refractivity contribution in [2.24, 2.45) is 0 Å². The van der Waals surface area contributed by atoms with Gasteiger partial charge in [0.25, 0.3) is 0 Å². The van der Waals surface area contributed by atoms with Gasteiger partial charge in [0, 0.05) is 49.8 Å². The molecule has 0 saturated carbocycles. The van der Waals surface area contributed by atoms with Gasteiger partial charge in [0.1, 0.15) is 5.82 Å². The number of hydrogen-bond acceptors (Lipinski definition) is 4. The summed E-state index contributed by atoms with van der Waals surface area (Å²) in [6.45, 7) is 9.14. The minimum Gasteiger partial charge on any atom is -0.368 e. The van der Waals surface area contributed by atoms with E-state index in [0.717, 1.165) is 22.5 Å². The van der Waals surface area contributed by atoms with Gasteiger partial charge in [-0.25, -0.2) is 4.98 Å². The molecule has 3 aliphatic rings. The van der Waals surface area contributed by atoms with Gasteiger partial charge in [-0.3, -0.25) is 9.80 Å². The van der Waals surface area contributed by atoms with Crippen LogP contribution in [0.4, 0.5) is 5.82 Å². The Morgan fingerprint density at radius 2 is 2.11 bits per heavy atom. The first-order valence-electron chi connectivity index (χ1n) is 6.56. The molecule has 98 valence electrons. The van der Waals surface area contributed by atoms with Gasteiger partial charge in [-0.1, -0.05) is 0 Å². The summed E-state index contributed by atoms with van der Waals surface area (Å²) in [5.74, 6) is 0.980. The van der Waals surface area contributed by atoms with Crippen molar-refractivity contribution in [3.05, 3.63) is 22.3 Å². The quantitative estimate of drug-likeness (QED) is 0.918. The summed E-state index contributed by atoms with van der Waals surface area (Å²) in [5, 5.41) is 3.47. The van der Waals surface area contributed by atoms with Crippen molar-refractivity contribution in [2.75, 3.05) is 44.6 Å². The Hall–Kier alpha value is -0.650. The van der Waals surface area contributed by atoms with Gasteiger partial charge >= 0.3 is 0 Å². The van der Waals surface area contributed by atoms with Crippen molar-refractivity contribution >= 4 is 21.7 Å². The lowest BCUT2D eigenvalue weighted by molar-refractivity contribution is 0.0189. The van der Waals surface area contributed by atoms with Crippen molar-refractivity contribution in [3.8, 4) is 0 Å². The Morgan fingerprint density at radius 3 is 2.72 bits per heavy atom. The fourth-order valence-corrected chi connectivity index (χ4v) is 3.00. The number of piperazine rings is 3. The van der Waals surface area contributed by atoms with Gasteiger partial charge in [-0.05, 0) is 35.0 Å². The van der Waals surface area contributed by atoms with Crippen molar-refractivity contribution in [3.63, 3.8) is 0 Å². The van der Waals surface area contributed by atoms with E-state index in [0.29, 0.717) is 6.04 Å². The van der Waals surface area contributed by atoms with Gasteiger partial charge in [-0.2, -0.15) is 0 Å². The molecule has 3 fully saturated rings. The molecule has 5 heteroatoms. The highest BCUT2D eigenvalue weighted by Crippen LogP contribution is 2.18. The third-order valence-corrected chi connectivity index (χ3v) is 4.77. The molecular formula is C13H19BrN4. The topological polar surface area (TPSA) is 31.4 Å². The standard InChI is InChI=1S/C13H19BrN4/c1-10-12(14)2-3-13(16-10)15-8-11-9-17-4-6-18(11)7-5-17/h2-3,11H,4-9H2,1H3,(H,15,16). The summed E-state index contributed by atoms with van der Waals surface area (Å²) in [7, 11) is 0. The maximum atomic E-state index is 4.53. The molecule has 0 aliphatic carbocycles. The van der Waals surface area contributed by atoms with Crippen LogP contribution in [0.3, 0.4) is 0 Å². The molecule has 0 amide bonds. The Labute approximate surface area is 116 Å². The molecule has 4 rings (SSSR count). The molecule has 1 atom stereocenters. The number of aryl methyl sites for hydroxylation is 1. The SMILES string of the molecule is Cc1nc(NCC2CN3CCN2CC3)ccc1Br. The Bertz CT molecular complexity index is 429. The van der Waals surface area contributed by atoms with E-state index < -0.39 is 0 Å². The minimum atomic E-state index is 0.637. The van der Waals surface area contributed by atoms with Crippen LogP contribution >= 0.6 is 15.9 Å². The zero-order valence-electron chi connectivity index (χ0n) is 10.7.